The monoisotopic (exact) mass is 332 g/mol. The molecule has 0 N–H and O–H groups in total. The lowest BCUT2D eigenvalue weighted by atomic mass is 9.97. The summed E-state index contributed by atoms with van der Waals surface area (Å²) in [6.45, 7) is 3.24. The van der Waals surface area contributed by atoms with Gasteiger partial charge in [-0.2, -0.15) is 0 Å². The van der Waals surface area contributed by atoms with Gasteiger partial charge in [0.1, 0.15) is 0 Å². The fourth-order valence-electron chi connectivity index (χ4n) is 1.58. The van der Waals surface area contributed by atoms with Crippen molar-refractivity contribution >= 4 is 40.9 Å². The van der Waals surface area contributed by atoms with Crippen molar-refractivity contribution < 1.29 is 23.9 Å². The summed E-state index contributed by atoms with van der Waals surface area (Å²) in [4.78, 5) is 36.0. The second-order valence-corrected chi connectivity index (χ2v) is 4.74. The first kappa shape index (κ1) is 17.5. The van der Waals surface area contributed by atoms with Gasteiger partial charge in [-0.15, -0.1) is 0 Å². The molecule has 5 nitrogen and oxygen atoms in total. The molecular formula is C14H14Cl2O5. The van der Waals surface area contributed by atoms with E-state index < -0.39 is 23.6 Å². The Labute approximate surface area is 132 Å². The van der Waals surface area contributed by atoms with Gasteiger partial charge < -0.3 is 9.47 Å². The van der Waals surface area contributed by atoms with E-state index in [1.165, 1.54) is 18.2 Å². The van der Waals surface area contributed by atoms with Crippen LogP contribution in [-0.4, -0.2) is 30.9 Å². The number of hydrogen-bond donors (Lipinski definition) is 0. The second-order valence-electron chi connectivity index (χ2n) is 3.93. The minimum absolute atomic E-state index is 0.0450. The highest BCUT2D eigenvalue weighted by molar-refractivity contribution is 6.42. The van der Waals surface area contributed by atoms with Crippen LogP contribution in [0.5, 0.6) is 0 Å². The third-order valence-corrected chi connectivity index (χ3v) is 3.25. The lowest BCUT2D eigenvalue weighted by Crippen LogP contribution is -2.35. The van der Waals surface area contributed by atoms with E-state index in [0.29, 0.717) is 0 Å². The SMILES string of the molecule is CCOC(=O)C(C(=O)OCC)C(=O)c1ccc(Cl)c(Cl)c1. The van der Waals surface area contributed by atoms with Crippen molar-refractivity contribution in [3.05, 3.63) is 33.8 Å². The van der Waals surface area contributed by atoms with Gasteiger partial charge in [0.05, 0.1) is 23.3 Å². The molecule has 0 amide bonds. The standard InChI is InChI=1S/C14H14Cl2O5/c1-3-20-13(18)11(14(19)21-4-2)12(17)8-5-6-9(15)10(16)7-8/h5-7,11H,3-4H2,1-2H3. The van der Waals surface area contributed by atoms with E-state index in [1.54, 1.807) is 13.8 Å². The molecular weight excluding hydrogens is 319 g/mol. The zero-order valence-electron chi connectivity index (χ0n) is 11.5. The van der Waals surface area contributed by atoms with Crippen molar-refractivity contribution in [1.82, 2.24) is 0 Å². The highest BCUT2D eigenvalue weighted by Gasteiger charge is 2.37. The number of hydrogen-bond acceptors (Lipinski definition) is 5. The molecule has 0 atom stereocenters. The van der Waals surface area contributed by atoms with Crippen LogP contribution in [0.25, 0.3) is 0 Å². The van der Waals surface area contributed by atoms with E-state index in [0.717, 1.165) is 0 Å². The predicted octanol–water partition coefficient (Wildman–Crippen LogP) is 2.92. The molecule has 0 saturated heterocycles. The molecule has 0 aliphatic heterocycles. The maximum Gasteiger partial charge on any atom is 0.328 e. The lowest BCUT2D eigenvalue weighted by Gasteiger charge is -2.13. The van der Waals surface area contributed by atoms with Gasteiger partial charge in [-0.1, -0.05) is 23.2 Å². The van der Waals surface area contributed by atoms with Crippen LogP contribution in [0.3, 0.4) is 0 Å². The Morgan fingerprint density at radius 2 is 1.52 bits per heavy atom. The molecule has 0 saturated carbocycles. The molecule has 0 bridgehead atoms. The number of esters is 2. The Morgan fingerprint density at radius 3 is 1.95 bits per heavy atom. The van der Waals surface area contributed by atoms with Crippen LogP contribution in [0.15, 0.2) is 18.2 Å². The molecule has 1 aromatic rings. The minimum atomic E-state index is -1.66. The molecule has 0 aliphatic rings. The van der Waals surface area contributed by atoms with Crippen molar-refractivity contribution in [1.29, 1.82) is 0 Å². The summed E-state index contributed by atoms with van der Waals surface area (Å²) in [5.41, 5.74) is 0.0792. The van der Waals surface area contributed by atoms with Gasteiger partial charge >= 0.3 is 11.9 Å². The van der Waals surface area contributed by atoms with E-state index in [-0.39, 0.29) is 28.8 Å². The van der Waals surface area contributed by atoms with Crippen LogP contribution in [0, 0.1) is 5.92 Å². The van der Waals surface area contributed by atoms with Crippen molar-refractivity contribution in [2.45, 2.75) is 13.8 Å². The van der Waals surface area contributed by atoms with Gasteiger partial charge in [0.25, 0.3) is 0 Å². The van der Waals surface area contributed by atoms with Gasteiger partial charge in [-0.05, 0) is 32.0 Å². The molecule has 0 aromatic heterocycles. The van der Waals surface area contributed by atoms with Gasteiger partial charge in [0, 0.05) is 5.56 Å². The highest BCUT2D eigenvalue weighted by atomic mass is 35.5. The summed E-state index contributed by atoms with van der Waals surface area (Å²) in [6.07, 6.45) is 0. The number of carbonyl (C=O) groups is 3. The smallest absolute Gasteiger partial charge is 0.328 e. The van der Waals surface area contributed by atoms with E-state index in [4.69, 9.17) is 32.7 Å². The molecule has 21 heavy (non-hydrogen) atoms. The summed E-state index contributed by atoms with van der Waals surface area (Å²) in [5.74, 6) is -4.31. The van der Waals surface area contributed by atoms with Crippen LogP contribution < -0.4 is 0 Å². The number of carbonyl (C=O) groups excluding carboxylic acids is 3. The molecule has 7 heteroatoms. The molecule has 1 rings (SSSR count). The Hall–Kier alpha value is -1.59. The Bertz CT molecular complexity index is 538. The van der Waals surface area contributed by atoms with E-state index in [9.17, 15) is 14.4 Å². The van der Waals surface area contributed by atoms with E-state index >= 15 is 0 Å². The molecule has 0 spiro atoms. The van der Waals surface area contributed by atoms with Crippen molar-refractivity contribution in [3.63, 3.8) is 0 Å². The predicted molar refractivity (Wildman–Crippen MR) is 77.5 cm³/mol. The average molecular weight is 333 g/mol. The van der Waals surface area contributed by atoms with Crippen LogP contribution in [-0.2, 0) is 19.1 Å². The third kappa shape index (κ3) is 4.44. The zero-order valence-corrected chi connectivity index (χ0v) is 13.0. The molecule has 0 radical (unpaired) electrons. The maximum absolute atomic E-state index is 12.3. The van der Waals surface area contributed by atoms with Crippen LogP contribution in [0.4, 0.5) is 0 Å². The van der Waals surface area contributed by atoms with Crippen LogP contribution >= 0.6 is 23.2 Å². The summed E-state index contributed by atoms with van der Waals surface area (Å²) >= 11 is 11.6. The molecule has 0 heterocycles. The van der Waals surface area contributed by atoms with Crippen molar-refractivity contribution in [2.75, 3.05) is 13.2 Å². The summed E-state index contributed by atoms with van der Waals surface area (Å²) < 4.78 is 9.50. The number of halogens is 2. The summed E-state index contributed by atoms with van der Waals surface area (Å²) in [5, 5.41) is 0.408. The topological polar surface area (TPSA) is 69.7 Å². The first-order valence-electron chi connectivity index (χ1n) is 6.24. The zero-order chi connectivity index (χ0) is 16.0. The number of benzene rings is 1. The largest absolute Gasteiger partial charge is 0.465 e. The normalized spacial score (nSPS) is 10.3. The molecule has 114 valence electrons. The summed E-state index contributed by atoms with van der Waals surface area (Å²) in [6, 6.07) is 4.07. The summed E-state index contributed by atoms with van der Waals surface area (Å²) in [7, 11) is 0. The van der Waals surface area contributed by atoms with E-state index in [1.807, 2.05) is 0 Å². The second kappa shape index (κ2) is 8.00. The van der Waals surface area contributed by atoms with E-state index in [2.05, 4.69) is 0 Å². The fourth-order valence-corrected chi connectivity index (χ4v) is 1.88. The fraction of sp³-hybridized carbons (Fsp3) is 0.357. The molecule has 0 unspecified atom stereocenters. The van der Waals surface area contributed by atoms with Gasteiger partial charge in [-0.25, -0.2) is 0 Å². The minimum Gasteiger partial charge on any atom is -0.465 e. The Morgan fingerprint density at radius 1 is 1.00 bits per heavy atom. The third-order valence-electron chi connectivity index (χ3n) is 2.51. The van der Waals surface area contributed by atoms with Gasteiger partial charge in [0.2, 0.25) is 5.92 Å². The quantitative estimate of drug-likeness (QED) is 0.455. The van der Waals surface area contributed by atoms with Gasteiger partial charge in [-0.3, -0.25) is 14.4 Å². The number of Topliss-reactive ketones (excluding diaryl/α,β-unsaturated/α-hetero) is 1. The molecule has 1 aromatic carbocycles. The average Bonchev–Trinajstić information content (AvgIpc) is 2.42. The van der Waals surface area contributed by atoms with Crippen LogP contribution in [0.2, 0.25) is 10.0 Å². The van der Waals surface area contributed by atoms with Crippen molar-refractivity contribution in [3.8, 4) is 0 Å². The first-order chi connectivity index (χ1) is 9.92. The molecule has 0 fully saturated rings. The number of ether oxygens (including phenoxy) is 2. The Kier molecular flexibility index (Phi) is 6.65. The number of ketones is 1. The number of rotatable bonds is 6. The Balaban J connectivity index is 3.11. The highest BCUT2D eigenvalue weighted by Crippen LogP contribution is 2.24. The van der Waals surface area contributed by atoms with Crippen molar-refractivity contribution in [2.24, 2.45) is 5.92 Å². The first-order valence-corrected chi connectivity index (χ1v) is 7.00. The lowest BCUT2D eigenvalue weighted by molar-refractivity contribution is -0.158. The van der Waals surface area contributed by atoms with Crippen LogP contribution in [0.1, 0.15) is 24.2 Å². The van der Waals surface area contributed by atoms with Gasteiger partial charge in [0.15, 0.2) is 5.78 Å². The molecule has 0 aliphatic carbocycles. The maximum atomic E-state index is 12.3.